The summed E-state index contributed by atoms with van der Waals surface area (Å²) >= 11 is 0. The van der Waals surface area contributed by atoms with Gasteiger partial charge in [-0.2, -0.15) is 0 Å². The van der Waals surface area contributed by atoms with E-state index in [1.807, 2.05) is 0 Å². The number of rotatable bonds is 48. The summed E-state index contributed by atoms with van der Waals surface area (Å²) in [5.74, 6) is -0.936. The predicted molar refractivity (Wildman–Crippen MR) is 284 cm³/mol. The molecule has 0 aliphatic rings. The Hall–Kier alpha value is -3.67. The molecule has 6 nitrogen and oxygen atoms in total. The van der Waals surface area contributed by atoms with E-state index in [1.54, 1.807) is 0 Å². The summed E-state index contributed by atoms with van der Waals surface area (Å²) in [5.41, 5.74) is 0. The first kappa shape index (κ1) is 62.3. The number of allylic oxidation sites excluding steroid dienone is 16. The summed E-state index contributed by atoms with van der Waals surface area (Å²) in [6.07, 6.45) is 71.0. The molecular formula is C60H100O6. The summed E-state index contributed by atoms with van der Waals surface area (Å²) < 4.78 is 16.8. The highest BCUT2D eigenvalue weighted by Gasteiger charge is 2.19. The maximum absolute atomic E-state index is 12.8. The van der Waals surface area contributed by atoms with E-state index in [-0.39, 0.29) is 31.1 Å². The van der Waals surface area contributed by atoms with Crippen molar-refractivity contribution in [2.45, 2.75) is 252 Å². The molecule has 0 radical (unpaired) electrons. The minimum Gasteiger partial charge on any atom is -0.462 e. The van der Waals surface area contributed by atoms with Crippen LogP contribution in [0.1, 0.15) is 245 Å². The van der Waals surface area contributed by atoms with E-state index in [9.17, 15) is 14.4 Å². The van der Waals surface area contributed by atoms with Gasteiger partial charge in [-0.15, -0.1) is 0 Å². The van der Waals surface area contributed by atoms with Gasteiger partial charge in [-0.25, -0.2) is 0 Å². The molecule has 0 aliphatic carbocycles. The quantitative estimate of drug-likeness (QED) is 0.0199. The Kier molecular flexibility index (Phi) is 50.9. The summed E-state index contributed by atoms with van der Waals surface area (Å²) in [5, 5.41) is 0. The van der Waals surface area contributed by atoms with E-state index in [4.69, 9.17) is 14.2 Å². The van der Waals surface area contributed by atoms with E-state index in [0.717, 1.165) is 116 Å². The third-order valence-corrected chi connectivity index (χ3v) is 11.4. The Bertz CT molecular complexity index is 1330. The predicted octanol–water partition coefficient (Wildman–Crippen LogP) is 18.1. The first-order chi connectivity index (χ1) is 32.5. The molecule has 0 amide bonds. The van der Waals surface area contributed by atoms with Gasteiger partial charge in [-0.3, -0.25) is 14.4 Å². The maximum Gasteiger partial charge on any atom is 0.306 e. The highest BCUT2D eigenvalue weighted by atomic mass is 16.6. The number of carbonyl (C=O) groups is 3. The molecule has 0 aliphatic heterocycles. The van der Waals surface area contributed by atoms with Gasteiger partial charge in [0.1, 0.15) is 13.2 Å². The van der Waals surface area contributed by atoms with Crippen LogP contribution in [0.3, 0.4) is 0 Å². The van der Waals surface area contributed by atoms with Crippen molar-refractivity contribution in [3.63, 3.8) is 0 Å². The monoisotopic (exact) mass is 917 g/mol. The van der Waals surface area contributed by atoms with Crippen molar-refractivity contribution >= 4 is 17.9 Å². The summed E-state index contributed by atoms with van der Waals surface area (Å²) in [6, 6.07) is 0. The van der Waals surface area contributed by atoms with E-state index in [2.05, 4.69) is 118 Å². The molecule has 0 saturated heterocycles. The molecule has 0 aromatic rings. The lowest BCUT2D eigenvalue weighted by molar-refractivity contribution is -0.167. The van der Waals surface area contributed by atoms with Crippen molar-refractivity contribution in [3.05, 3.63) is 97.2 Å². The highest BCUT2D eigenvalue weighted by Crippen LogP contribution is 2.15. The molecule has 6 heteroatoms. The molecule has 1 atom stereocenters. The number of hydrogen-bond acceptors (Lipinski definition) is 6. The average Bonchev–Trinajstić information content (AvgIpc) is 3.31. The molecule has 0 spiro atoms. The number of esters is 3. The van der Waals surface area contributed by atoms with Crippen LogP contribution >= 0.6 is 0 Å². The van der Waals surface area contributed by atoms with Crippen molar-refractivity contribution < 1.29 is 28.6 Å². The fourth-order valence-corrected chi connectivity index (χ4v) is 7.35. The fraction of sp³-hybridized carbons (Fsp3) is 0.683. The average molecular weight is 917 g/mol. The Balaban J connectivity index is 4.46. The lowest BCUT2D eigenvalue weighted by Gasteiger charge is -2.18. The van der Waals surface area contributed by atoms with Crippen molar-refractivity contribution in [2.75, 3.05) is 13.2 Å². The van der Waals surface area contributed by atoms with Crippen LogP contribution in [0.25, 0.3) is 0 Å². The Morgan fingerprint density at radius 1 is 0.333 bits per heavy atom. The SMILES string of the molecule is CC\C=C/C=C\C=C/CCCCCCCCCC(=O)OC(COC(=O)CCCCC/C=C\C/C=C\C/C=C\C/C=C\C/C=C\CC)COC(=O)CCCCCCCCCCCCCCCC. The first-order valence-electron chi connectivity index (χ1n) is 27.3. The Morgan fingerprint density at radius 2 is 0.667 bits per heavy atom. The molecule has 0 saturated carbocycles. The largest absolute Gasteiger partial charge is 0.462 e. The smallest absolute Gasteiger partial charge is 0.306 e. The molecule has 0 bridgehead atoms. The highest BCUT2D eigenvalue weighted by molar-refractivity contribution is 5.71. The van der Waals surface area contributed by atoms with Gasteiger partial charge >= 0.3 is 17.9 Å². The number of ether oxygens (including phenoxy) is 3. The minimum absolute atomic E-state index is 0.0922. The summed E-state index contributed by atoms with van der Waals surface area (Å²) in [4.78, 5) is 38.1. The topological polar surface area (TPSA) is 78.9 Å². The second-order valence-electron chi connectivity index (χ2n) is 17.8. The van der Waals surface area contributed by atoms with E-state index in [1.165, 1.54) is 89.9 Å². The molecule has 0 aromatic carbocycles. The molecule has 0 rings (SSSR count). The van der Waals surface area contributed by atoms with Crippen LogP contribution in [-0.2, 0) is 28.6 Å². The number of unbranched alkanes of at least 4 members (excludes halogenated alkanes) is 23. The molecular weight excluding hydrogens is 817 g/mol. The van der Waals surface area contributed by atoms with Gasteiger partial charge in [0, 0.05) is 19.3 Å². The molecule has 0 fully saturated rings. The summed E-state index contributed by atoms with van der Waals surface area (Å²) in [7, 11) is 0. The molecule has 0 heterocycles. The minimum atomic E-state index is -0.797. The lowest BCUT2D eigenvalue weighted by Crippen LogP contribution is -2.30. The molecule has 0 aromatic heterocycles. The van der Waals surface area contributed by atoms with Gasteiger partial charge in [-0.05, 0) is 83.5 Å². The van der Waals surface area contributed by atoms with Crippen LogP contribution in [0.5, 0.6) is 0 Å². The van der Waals surface area contributed by atoms with Crippen molar-refractivity contribution in [1.82, 2.24) is 0 Å². The van der Waals surface area contributed by atoms with E-state index in [0.29, 0.717) is 19.3 Å². The van der Waals surface area contributed by atoms with Gasteiger partial charge in [0.25, 0.3) is 0 Å². The third kappa shape index (κ3) is 51.3. The normalized spacial score (nSPS) is 12.8. The number of hydrogen-bond donors (Lipinski definition) is 0. The fourth-order valence-electron chi connectivity index (χ4n) is 7.35. The van der Waals surface area contributed by atoms with Gasteiger partial charge in [0.2, 0.25) is 0 Å². The first-order valence-corrected chi connectivity index (χ1v) is 27.3. The molecule has 376 valence electrons. The van der Waals surface area contributed by atoms with Gasteiger partial charge in [-0.1, -0.05) is 240 Å². The second-order valence-corrected chi connectivity index (χ2v) is 17.8. The van der Waals surface area contributed by atoms with Crippen molar-refractivity contribution in [2.24, 2.45) is 0 Å². The van der Waals surface area contributed by atoms with Crippen LogP contribution in [0.2, 0.25) is 0 Å². The molecule has 0 N–H and O–H groups in total. The van der Waals surface area contributed by atoms with Crippen LogP contribution < -0.4 is 0 Å². The van der Waals surface area contributed by atoms with E-state index < -0.39 is 6.10 Å². The molecule has 1 unspecified atom stereocenters. The Labute approximate surface area is 407 Å². The molecule has 66 heavy (non-hydrogen) atoms. The maximum atomic E-state index is 12.8. The van der Waals surface area contributed by atoms with Gasteiger partial charge in [0.05, 0.1) is 0 Å². The van der Waals surface area contributed by atoms with Crippen LogP contribution in [-0.4, -0.2) is 37.2 Å². The van der Waals surface area contributed by atoms with Gasteiger partial charge < -0.3 is 14.2 Å². The Morgan fingerprint density at radius 3 is 1.11 bits per heavy atom. The van der Waals surface area contributed by atoms with Crippen molar-refractivity contribution in [3.8, 4) is 0 Å². The number of carbonyl (C=O) groups excluding carboxylic acids is 3. The second kappa shape index (κ2) is 53.9. The van der Waals surface area contributed by atoms with Crippen LogP contribution in [0.4, 0.5) is 0 Å². The third-order valence-electron chi connectivity index (χ3n) is 11.4. The lowest BCUT2D eigenvalue weighted by atomic mass is 10.0. The van der Waals surface area contributed by atoms with E-state index >= 15 is 0 Å². The zero-order chi connectivity index (χ0) is 47.9. The van der Waals surface area contributed by atoms with Crippen molar-refractivity contribution in [1.29, 1.82) is 0 Å². The van der Waals surface area contributed by atoms with Crippen LogP contribution in [0.15, 0.2) is 97.2 Å². The zero-order valence-electron chi connectivity index (χ0n) is 42.9. The van der Waals surface area contributed by atoms with Gasteiger partial charge in [0.15, 0.2) is 6.10 Å². The van der Waals surface area contributed by atoms with Crippen LogP contribution in [0, 0.1) is 0 Å². The zero-order valence-corrected chi connectivity index (χ0v) is 42.9. The summed E-state index contributed by atoms with van der Waals surface area (Å²) in [6.45, 7) is 6.36. The standard InChI is InChI=1S/C60H100O6/c1-4-7-10-13-16-19-22-25-28-29-30-31-33-35-38-41-44-47-50-53-59(62)65-56-57(55-64-58(61)52-49-46-43-40-37-34-27-24-21-18-15-12-9-6-3)66-60(63)54-51-48-45-42-39-36-32-26-23-20-17-14-11-8-5-2/h7-8,10-11,14,16-17,19-20,23,25,28,30-31,35,38,57H,4-6,9,12-13,15,18,21-22,24,26-27,29,32-34,36-37,39-56H2,1-3H3/b10-7-,11-8-,17-14-,19-16-,23-20-,28-25-,31-30-,38-35-.